The highest BCUT2D eigenvalue weighted by molar-refractivity contribution is 7.95. The number of allylic oxidation sites excluding steroid dienone is 2. The summed E-state index contributed by atoms with van der Waals surface area (Å²) in [7, 11) is -4.16. The highest BCUT2D eigenvalue weighted by Crippen LogP contribution is 2.42. The van der Waals surface area contributed by atoms with Gasteiger partial charge in [-0.2, -0.15) is 18.3 Å². The van der Waals surface area contributed by atoms with Gasteiger partial charge >= 0.3 is 6.18 Å². The number of anilines is 1. The average Bonchev–Trinajstić information content (AvgIpc) is 3.12. The number of fused-ring (bicyclic) bond motifs is 1. The fourth-order valence-corrected chi connectivity index (χ4v) is 5.09. The summed E-state index contributed by atoms with van der Waals surface area (Å²) in [6, 6.07) is 10.3. The van der Waals surface area contributed by atoms with Crippen LogP contribution in [0.2, 0.25) is 5.02 Å². The number of rotatable bonds is 3. The number of pyridine rings is 1. The molecule has 11 heteroatoms. The molecule has 1 aromatic carbocycles. The van der Waals surface area contributed by atoms with E-state index in [-0.39, 0.29) is 21.4 Å². The number of benzene rings is 1. The van der Waals surface area contributed by atoms with Crippen LogP contribution in [-0.2, 0) is 16.0 Å². The van der Waals surface area contributed by atoms with E-state index in [1.165, 1.54) is 37.4 Å². The topological polar surface area (TPSA) is 76.9 Å². The van der Waals surface area contributed by atoms with Gasteiger partial charge in [-0.25, -0.2) is 18.1 Å². The Morgan fingerprint density at radius 2 is 1.83 bits per heavy atom. The molecule has 1 aliphatic rings. The van der Waals surface area contributed by atoms with E-state index in [1.807, 2.05) is 0 Å². The van der Waals surface area contributed by atoms with Crippen LogP contribution in [0.15, 0.2) is 70.4 Å². The quantitative estimate of drug-likeness (QED) is 0.622. The number of sulfone groups is 1. The maximum Gasteiger partial charge on any atom is 0.435 e. The fraction of sp³-hybridized carbons (Fsp3) is 0.158. The van der Waals surface area contributed by atoms with Crippen LogP contribution < -0.4 is 5.32 Å². The maximum absolute atomic E-state index is 13.4. The van der Waals surface area contributed by atoms with Crippen LogP contribution >= 0.6 is 11.6 Å². The largest absolute Gasteiger partial charge is 0.435 e. The summed E-state index contributed by atoms with van der Waals surface area (Å²) in [6.07, 6.45) is -3.36. The number of halogens is 4. The van der Waals surface area contributed by atoms with Gasteiger partial charge in [0.15, 0.2) is 10.7 Å². The SMILES string of the molecule is CC1=C(S(=O)(=O)c2ccccn2)C(c2ccc(Cl)cc2)n2nc(C(F)(F)F)cc2N1. The molecule has 1 N–H and O–H groups in total. The van der Waals surface area contributed by atoms with Gasteiger partial charge in [-0.1, -0.05) is 29.8 Å². The lowest BCUT2D eigenvalue weighted by molar-refractivity contribution is -0.141. The lowest BCUT2D eigenvalue weighted by Crippen LogP contribution is -2.29. The van der Waals surface area contributed by atoms with E-state index in [2.05, 4.69) is 15.4 Å². The molecular weight excluding hydrogens is 441 g/mol. The first-order valence-corrected chi connectivity index (χ1v) is 10.5. The summed E-state index contributed by atoms with van der Waals surface area (Å²) in [5.41, 5.74) is -0.539. The molecule has 6 nitrogen and oxygen atoms in total. The Kier molecular flexibility index (Phi) is 4.86. The van der Waals surface area contributed by atoms with Gasteiger partial charge in [-0.15, -0.1) is 0 Å². The molecule has 1 aliphatic heterocycles. The van der Waals surface area contributed by atoms with Crippen molar-refractivity contribution in [3.8, 4) is 0 Å². The number of nitrogens with one attached hydrogen (secondary N) is 1. The minimum absolute atomic E-state index is 0.0275. The summed E-state index contributed by atoms with van der Waals surface area (Å²) in [5.74, 6) is 0.0275. The molecule has 0 spiro atoms. The molecule has 156 valence electrons. The summed E-state index contributed by atoms with van der Waals surface area (Å²) in [6.45, 7) is 1.49. The molecule has 0 aliphatic carbocycles. The van der Waals surface area contributed by atoms with Crippen LogP contribution in [0.5, 0.6) is 0 Å². The Balaban J connectivity index is 1.96. The van der Waals surface area contributed by atoms with Crippen molar-refractivity contribution in [2.24, 2.45) is 0 Å². The molecular formula is C19H14ClF3N4O2S. The minimum Gasteiger partial charge on any atom is -0.343 e. The zero-order valence-corrected chi connectivity index (χ0v) is 16.9. The number of nitrogens with zero attached hydrogens (tertiary/aromatic N) is 3. The lowest BCUT2D eigenvalue weighted by Gasteiger charge is -2.29. The highest BCUT2D eigenvalue weighted by Gasteiger charge is 2.41. The van der Waals surface area contributed by atoms with E-state index >= 15 is 0 Å². The Morgan fingerprint density at radius 3 is 2.43 bits per heavy atom. The van der Waals surface area contributed by atoms with Crippen molar-refractivity contribution < 1.29 is 21.6 Å². The van der Waals surface area contributed by atoms with Gasteiger partial charge < -0.3 is 5.32 Å². The van der Waals surface area contributed by atoms with Gasteiger partial charge in [0.1, 0.15) is 11.9 Å². The molecule has 0 radical (unpaired) electrons. The molecule has 0 saturated heterocycles. The molecule has 1 unspecified atom stereocenters. The second kappa shape index (κ2) is 7.13. The molecule has 0 saturated carbocycles. The summed E-state index contributed by atoms with van der Waals surface area (Å²) in [5, 5.41) is 6.59. The van der Waals surface area contributed by atoms with Gasteiger partial charge in [0.05, 0.1) is 4.91 Å². The standard InChI is InChI=1S/C19H14ClF3N4O2S/c1-11-18(30(28,29)16-4-2-3-9-24-16)17(12-5-7-13(20)8-6-12)27-15(25-11)10-14(26-27)19(21,22)23/h2-10,17,25H,1H3. The van der Waals surface area contributed by atoms with Crippen molar-refractivity contribution in [3.63, 3.8) is 0 Å². The molecule has 4 rings (SSSR count). The van der Waals surface area contributed by atoms with E-state index < -0.39 is 27.7 Å². The smallest absolute Gasteiger partial charge is 0.343 e. The van der Waals surface area contributed by atoms with Crippen LogP contribution in [0.25, 0.3) is 0 Å². The number of hydrogen-bond acceptors (Lipinski definition) is 5. The number of aromatic nitrogens is 3. The first-order chi connectivity index (χ1) is 14.1. The van der Waals surface area contributed by atoms with Gasteiger partial charge in [0.2, 0.25) is 9.84 Å². The molecule has 3 aromatic rings. The van der Waals surface area contributed by atoms with E-state index in [1.54, 1.807) is 18.2 Å². The fourth-order valence-electron chi connectivity index (χ4n) is 3.30. The van der Waals surface area contributed by atoms with Crippen molar-refractivity contribution >= 4 is 27.3 Å². The van der Waals surface area contributed by atoms with E-state index in [9.17, 15) is 21.6 Å². The number of alkyl halides is 3. The molecule has 30 heavy (non-hydrogen) atoms. The number of hydrogen-bond donors (Lipinski definition) is 1. The first-order valence-electron chi connectivity index (χ1n) is 8.65. The van der Waals surface area contributed by atoms with Crippen LogP contribution in [0.1, 0.15) is 24.2 Å². The highest BCUT2D eigenvalue weighted by atomic mass is 35.5. The first kappa shape index (κ1) is 20.4. The van der Waals surface area contributed by atoms with Crippen LogP contribution in [0.4, 0.5) is 19.0 Å². The van der Waals surface area contributed by atoms with Crippen molar-refractivity contribution in [2.75, 3.05) is 5.32 Å². The molecule has 1 atom stereocenters. The minimum atomic E-state index is -4.69. The Labute approximate surface area is 174 Å². The molecule has 0 bridgehead atoms. The lowest BCUT2D eigenvalue weighted by atomic mass is 10.0. The van der Waals surface area contributed by atoms with Gasteiger partial charge in [0.25, 0.3) is 0 Å². The zero-order valence-electron chi connectivity index (χ0n) is 15.4. The molecule has 3 heterocycles. The van der Waals surface area contributed by atoms with Gasteiger partial charge in [-0.05, 0) is 36.8 Å². The van der Waals surface area contributed by atoms with E-state index in [0.29, 0.717) is 10.6 Å². The second-order valence-electron chi connectivity index (χ2n) is 6.60. The molecule has 0 amide bonds. The van der Waals surface area contributed by atoms with Crippen LogP contribution in [0, 0.1) is 0 Å². The normalized spacial score (nSPS) is 16.9. The predicted molar refractivity (Wildman–Crippen MR) is 105 cm³/mol. The summed E-state index contributed by atoms with van der Waals surface area (Å²) in [4.78, 5) is 3.78. The molecule has 2 aromatic heterocycles. The average molecular weight is 455 g/mol. The molecule has 0 fully saturated rings. The van der Waals surface area contributed by atoms with Crippen LogP contribution in [-0.4, -0.2) is 23.2 Å². The van der Waals surface area contributed by atoms with Crippen molar-refractivity contribution in [1.82, 2.24) is 14.8 Å². The van der Waals surface area contributed by atoms with Crippen molar-refractivity contribution in [1.29, 1.82) is 0 Å². The maximum atomic E-state index is 13.4. The zero-order chi connectivity index (χ0) is 21.7. The van der Waals surface area contributed by atoms with Crippen molar-refractivity contribution in [3.05, 3.63) is 81.6 Å². The third-order valence-electron chi connectivity index (χ3n) is 4.59. The van der Waals surface area contributed by atoms with Gasteiger partial charge in [-0.3, -0.25) is 0 Å². The van der Waals surface area contributed by atoms with E-state index in [0.717, 1.165) is 10.7 Å². The van der Waals surface area contributed by atoms with Crippen LogP contribution in [0.3, 0.4) is 0 Å². The Morgan fingerprint density at radius 1 is 1.13 bits per heavy atom. The second-order valence-corrected chi connectivity index (χ2v) is 8.90. The Hall–Kier alpha value is -2.85. The Bertz CT molecular complexity index is 1240. The van der Waals surface area contributed by atoms with E-state index in [4.69, 9.17) is 11.6 Å². The van der Waals surface area contributed by atoms with Crippen molar-refractivity contribution in [2.45, 2.75) is 24.2 Å². The third-order valence-corrected chi connectivity index (χ3v) is 6.75. The monoisotopic (exact) mass is 454 g/mol. The predicted octanol–water partition coefficient (Wildman–Crippen LogP) is 4.67. The van der Waals surface area contributed by atoms with Gasteiger partial charge in [0, 0.05) is 23.0 Å². The third kappa shape index (κ3) is 3.46. The summed E-state index contributed by atoms with van der Waals surface area (Å²) >= 11 is 5.94. The summed E-state index contributed by atoms with van der Waals surface area (Å²) < 4.78 is 67.7.